The molecular formula is C17H26N2O3. The van der Waals surface area contributed by atoms with Crippen LogP contribution in [0.1, 0.15) is 18.9 Å². The summed E-state index contributed by atoms with van der Waals surface area (Å²) < 4.78 is 11.0. The van der Waals surface area contributed by atoms with Crippen molar-refractivity contribution in [3.63, 3.8) is 0 Å². The molecule has 0 aliphatic carbocycles. The SMILES string of the molecule is CCO[C@@]1(C(=O)Nc2ccc(CCN(C)C)cc2)CCOC1. The molecule has 1 saturated heterocycles. The number of carbonyl (C=O) groups is 1. The Morgan fingerprint density at radius 3 is 2.64 bits per heavy atom. The van der Waals surface area contributed by atoms with Crippen LogP contribution in [0.5, 0.6) is 0 Å². The summed E-state index contributed by atoms with van der Waals surface area (Å²) in [5.41, 5.74) is 1.22. The fraction of sp³-hybridized carbons (Fsp3) is 0.588. The van der Waals surface area contributed by atoms with Crippen molar-refractivity contribution in [3.05, 3.63) is 29.8 Å². The van der Waals surface area contributed by atoms with Gasteiger partial charge in [0.1, 0.15) is 0 Å². The predicted octanol–water partition coefficient (Wildman–Crippen LogP) is 1.92. The molecule has 1 N–H and O–H groups in total. The fourth-order valence-electron chi connectivity index (χ4n) is 2.53. The first-order chi connectivity index (χ1) is 10.6. The van der Waals surface area contributed by atoms with Gasteiger partial charge < -0.3 is 19.7 Å². The van der Waals surface area contributed by atoms with Crippen molar-refractivity contribution in [2.45, 2.75) is 25.4 Å². The number of amides is 1. The number of benzene rings is 1. The van der Waals surface area contributed by atoms with Crippen LogP contribution in [0.2, 0.25) is 0 Å². The monoisotopic (exact) mass is 306 g/mol. The maximum Gasteiger partial charge on any atom is 0.259 e. The highest BCUT2D eigenvalue weighted by Gasteiger charge is 2.43. The largest absolute Gasteiger partial charge is 0.378 e. The van der Waals surface area contributed by atoms with Crippen molar-refractivity contribution in [1.29, 1.82) is 0 Å². The van der Waals surface area contributed by atoms with Crippen LogP contribution < -0.4 is 5.32 Å². The van der Waals surface area contributed by atoms with E-state index in [-0.39, 0.29) is 5.91 Å². The van der Waals surface area contributed by atoms with Gasteiger partial charge in [-0.2, -0.15) is 0 Å². The second-order valence-electron chi connectivity index (χ2n) is 5.93. The first kappa shape index (κ1) is 16.9. The Morgan fingerprint density at radius 2 is 2.09 bits per heavy atom. The summed E-state index contributed by atoms with van der Waals surface area (Å²) in [5, 5.41) is 2.95. The van der Waals surface area contributed by atoms with E-state index in [1.165, 1.54) is 5.56 Å². The summed E-state index contributed by atoms with van der Waals surface area (Å²) in [7, 11) is 4.12. The van der Waals surface area contributed by atoms with Crippen molar-refractivity contribution in [1.82, 2.24) is 4.90 Å². The lowest BCUT2D eigenvalue weighted by atomic mass is 10.0. The van der Waals surface area contributed by atoms with Gasteiger partial charge in [-0.1, -0.05) is 12.1 Å². The molecule has 1 aromatic carbocycles. The number of hydrogen-bond acceptors (Lipinski definition) is 4. The van der Waals surface area contributed by atoms with Crippen molar-refractivity contribution in [2.24, 2.45) is 0 Å². The minimum Gasteiger partial charge on any atom is -0.378 e. The molecule has 0 radical (unpaired) electrons. The average Bonchev–Trinajstić information content (AvgIpc) is 2.97. The number of carbonyl (C=O) groups excluding carboxylic acids is 1. The topological polar surface area (TPSA) is 50.8 Å². The molecule has 1 fully saturated rings. The normalized spacial score (nSPS) is 21.3. The molecule has 1 amide bonds. The summed E-state index contributed by atoms with van der Waals surface area (Å²) in [4.78, 5) is 14.7. The van der Waals surface area contributed by atoms with E-state index in [4.69, 9.17) is 9.47 Å². The first-order valence-electron chi connectivity index (χ1n) is 7.82. The van der Waals surface area contributed by atoms with E-state index >= 15 is 0 Å². The molecule has 0 bridgehead atoms. The summed E-state index contributed by atoms with van der Waals surface area (Å²) in [6.45, 7) is 4.30. The molecular weight excluding hydrogens is 280 g/mol. The molecule has 5 nitrogen and oxygen atoms in total. The van der Waals surface area contributed by atoms with E-state index in [2.05, 4.69) is 36.4 Å². The number of ether oxygens (including phenoxy) is 2. The van der Waals surface area contributed by atoms with Crippen LogP contribution in [-0.2, 0) is 20.7 Å². The van der Waals surface area contributed by atoms with E-state index in [0.29, 0.717) is 26.2 Å². The predicted molar refractivity (Wildman–Crippen MR) is 87.1 cm³/mol. The third-order valence-electron chi connectivity index (χ3n) is 3.88. The van der Waals surface area contributed by atoms with E-state index in [0.717, 1.165) is 18.7 Å². The summed E-state index contributed by atoms with van der Waals surface area (Å²) in [6, 6.07) is 7.99. The van der Waals surface area contributed by atoms with Crippen LogP contribution in [0.25, 0.3) is 0 Å². The number of likely N-dealkylation sites (N-methyl/N-ethyl adjacent to an activating group) is 1. The third kappa shape index (κ3) is 4.29. The standard InChI is InChI=1S/C17H26N2O3/c1-4-22-17(10-12-21-13-17)16(20)18-15-7-5-14(6-8-15)9-11-19(2)3/h5-8H,4,9-13H2,1-3H3,(H,18,20)/t17-/m0/s1. The van der Waals surface area contributed by atoms with Crippen LogP contribution in [0.4, 0.5) is 5.69 Å². The third-order valence-corrected chi connectivity index (χ3v) is 3.88. The maximum absolute atomic E-state index is 12.5. The van der Waals surface area contributed by atoms with Crippen molar-refractivity contribution in [2.75, 3.05) is 45.8 Å². The molecule has 1 aliphatic rings. The Bertz CT molecular complexity index is 479. The summed E-state index contributed by atoms with van der Waals surface area (Å²) in [6.07, 6.45) is 1.60. The molecule has 5 heteroatoms. The lowest BCUT2D eigenvalue weighted by Gasteiger charge is -2.25. The van der Waals surface area contributed by atoms with Gasteiger partial charge in [0.25, 0.3) is 5.91 Å². The minimum atomic E-state index is -0.835. The number of hydrogen-bond donors (Lipinski definition) is 1. The Kier molecular flexibility index (Phi) is 5.94. The fourth-order valence-corrected chi connectivity index (χ4v) is 2.53. The van der Waals surface area contributed by atoms with Crippen LogP contribution in [0.3, 0.4) is 0 Å². The van der Waals surface area contributed by atoms with Gasteiger partial charge in [-0.25, -0.2) is 0 Å². The Morgan fingerprint density at radius 1 is 1.36 bits per heavy atom. The zero-order valence-electron chi connectivity index (χ0n) is 13.7. The quantitative estimate of drug-likeness (QED) is 0.836. The number of rotatable bonds is 7. The van der Waals surface area contributed by atoms with Crippen LogP contribution in [-0.4, -0.2) is 56.9 Å². The Hall–Kier alpha value is -1.43. The Balaban J connectivity index is 1.96. The van der Waals surface area contributed by atoms with Gasteiger partial charge in [-0.15, -0.1) is 0 Å². The number of anilines is 1. The summed E-state index contributed by atoms with van der Waals surface area (Å²) >= 11 is 0. The van der Waals surface area contributed by atoms with Crippen LogP contribution >= 0.6 is 0 Å². The molecule has 2 rings (SSSR count). The molecule has 1 heterocycles. The van der Waals surface area contributed by atoms with Crippen molar-refractivity contribution >= 4 is 11.6 Å². The number of nitrogens with one attached hydrogen (secondary N) is 1. The molecule has 1 aromatic rings. The minimum absolute atomic E-state index is 0.118. The maximum atomic E-state index is 12.5. The second kappa shape index (κ2) is 7.72. The zero-order chi connectivity index (χ0) is 16.0. The molecule has 0 unspecified atom stereocenters. The van der Waals surface area contributed by atoms with Gasteiger partial charge in [-0.3, -0.25) is 4.79 Å². The van der Waals surface area contributed by atoms with E-state index < -0.39 is 5.60 Å². The van der Waals surface area contributed by atoms with E-state index in [1.807, 2.05) is 19.1 Å². The smallest absolute Gasteiger partial charge is 0.259 e. The highest BCUT2D eigenvalue weighted by molar-refractivity contribution is 5.97. The first-order valence-corrected chi connectivity index (χ1v) is 7.82. The van der Waals surface area contributed by atoms with Crippen molar-refractivity contribution < 1.29 is 14.3 Å². The van der Waals surface area contributed by atoms with E-state index in [1.54, 1.807) is 0 Å². The van der Waals surface area contributed by atoms with Gasteiger partial charge in [-0.05, 0) is 45.1 Å². The molecule has 0 spiro atoms. The lowest BCUT2D eigenvalue weighted by Crippen LogP contribution is -2.46. The highest BCUT2D eigenvalue weighted by Crippen LogP contribution is 2.25. The van der Waals surface area contributed by atoms with Crippen LogP contribution in [0, 0.1) is 0 Å². The zero-order valence-corrected chi connectivity index (χ0v) is 13.7. The molecule has 22 heavy (non-hydrogen) atoms. The van der Waals surface area contributed by atoms with Gasteiger partial charge >= 0.3 is 0 Å². The average molecular weight is 306 g/mol. The molecule has 122 valence electrons. The molecule has 0 aromatic heterocycles. The molecule has 1 aliphatic heterocycles. The van der Waals surface area contributed by atoms with Gasteiger partial charge in [0, 0.05) is 25.3 Å². The highest BCUT2D eigenvalue weighted by atomic mass is 16.6. The van der Waals surface area contributed by atoms with Gasteiger partial charge in [0.2, 0.25) is 0 Å². The Labute approximate surface area is 132 Å². The lowest BCUT2D eigenvalue weighted by molar-refractivity contribution is -0.140. The van der Waals surface area contributed by atoms with Gasteiger partial charge in [0.15, 0.2) is 5.60 Å². The van der Waals surface area contributed by atoms with Crippen LogP contribution in [0.15, 0.2) is 24.3 Å². The molecule has 1 atom stereocenters. The van der Waals surface area contributed by atoms with Crippen molar-refractivity contribution in [3.8, 4) is 0 Å². The van der Waals surface area contributed by atoms with E-state index in [9.17, 15) is 4.79 Å². The summed E-state index contributed by atoms with van der Waals surface area (Å²) in [5.74, 6) is -0.118. The number of nitrogens with zero attached hydrogens (tertiary/aromatic N) is 1. The molecule has 0 saturated carbocycles. The second-order valence-corrected chi connectivity index (χ2v) is 5.93. The van der Waals surface area contributed by atoms with Gasteiger partial charge in [0.05, 0.1) is 13.2 Å².